The molecule has 24 aromatic rings. The van der Waals surface area contributed by atoms with Crippen molar-refractivity contribution in [3.05, 3.63) is 362 Å². The zero-order chi connectivity index (χ0) is 79.8. The minimum Gasteiger partial charge on any atom is -0.456 e. The van der Waals surface area contributed by atoms with Gasteiger partial charge in [-0.1, -0.05) is 214 Å². The molecule has 0 N–H and O–H groups in total. The number of furan rings is 3. The van der Waals surface area contributed by atoms with Crippen LogP contribution in [0.15, 0.2) is 342 Å². The summed E-state index contributed by atoms with van der Waals surface area (Å²) in [6.07, 6.45) is 10.6. The Hall–Kier alpha value is -15.1. The largest absolute Gasteiger partial charge is 0.456 e. The summed E-state index contributed by atoms with van der Waals surface area (Å²) in [6, 6.07) is 105. The van der Waals surface area contributed by atoms with Gasteiger partial charge in [0.15, 0.2) is 0 Å². The molecule has 0 aliphatic rings. The van der Waals surface area contributed by atoms with Crippen LogP contribution in [-0.4, -0.2) is 29.9 Å². The molecule has 0 aliphatic heterocycles. The maximum atomic E-state index is 6.35. The smallest absolute Gasteiger partial charge is 0.138 e. The fourth-order valence-corrected chi connectivity index (χ4v) is 18.4. The number of rotatable bonds is 7. The van der Waals surface area contributed by atoms with Crippen molar-refractivity contribution in [1.29, 1.82) is 0 Å². The number of nitrogens with zero attached hydrogens (tertiary/aromatic N) is 6. The molecule has 0 spiro atoms. The molecule has 6 heterocycles. The lowest BCUT2D eigenvalue weighted by Crippen LogP contribution is -1.89. The van der Waals surface area contributed by atoms with Gasteiger partial charge in [0.1, 0.15) is 33.5 Å². The van der Waals surface area contributed by atoms with Crippen molar-refractivity contribution in [2.45, 2.75) is 54.4 Å². The van der Waals surface area contributed by atoms with Gasteiger partial charge in [-0.15, -0.1) is 0 Å². The van der Waals surface area contributed by atoms with E-state index in [1.165, 1.54) is 143 Å². The van der Waals surface area contributed by atoms with E-state index >= 15 is 0 Å². The standard InChI is InChI=1S/2C37H26N2O.C36H24N2O/c1-21-15-22(2)36-32(16-21)33-20-27(17-23(3)37(33)40-36)25-8-6-7-24(18-25)26-11-12-30-31(19-26)28-9-4-5-10-29(28)34-35(30)39-14-13-38-34;1-22(2)23-11-14-34-32(19-23)33-21-27(12-15-35(33)40-34)25-7-5-6-24(18-25)26-10-13-30-31(20-26)28-8-3-4-9-29(28)36-37(30)39-17-16-38-36;1-21-7-5-12-30-32-20-26(17-22(2)36(32)39-35(21)30)24-9-6-8-23(18-24)25-13-14-29-31(19-25)27-10-3-4-11-28(27)33-34(29)38-16-15-37-33/h4-20H,1-3H3;3-22H,1-2H3;3-20H,1-2H3. The number of aromatic nitrogens is 6. The summed E-state index contributed by atoms with van der Waals surface area (Å²) >= 11 is 0. The molecule has 18 aromatic carbocycles. The van der Waals surface area contributed by atoms with Crippen LogP contribution in [0.25, 0.3) is 230 Å². The summed E-state index contributed by atoms with van der Waals surface area (Å²) in [5.41, 5.74) is 32.9. The number of aryl methyl sites for hydroxylation is 5. The van der Waals surface area contributed by atoms with Gasteiger partial charge < -0.3 is 13.3 Å². The Bertz CT molecular complexity index is 8270. The van der Waals surface area contributed by atoms with Crippen molar-refractivity contribution < 1.29 is 13.3 Å². The van der Waals surface area contributed by atoms with Crippen LogP contribution < -0.4 is 0 Å². The minimum absolute atomic E-state index is 0.471. The summed E-state index contributed by atoms with van der Waals surface area (Å²) in [6.45, 7) is 15.1. The van der Waals surface area contributed by atoms with Gasteiger partial charge >= 0.3 is 0 Å². The van der Waals surface area contributed by atoms with Gasteiger partial charge in [-0.2, -0.15) is 0 Å². The monoisotopic (exact) mass is 1530 g/mol. The van der Waals surface area contributed by atoms with E-state index in [2.05, 4.69) is 355 Å². The summed E-state index contributed by atoms with van der Waals surface area (Å²) < 4.78 is 18.8. The zero-order valence-corrected chi connectivity index (χ0v) is 66.7. The molecule has 6 aromatic heterocycles. The SMILES string of the molecule is CC(C)c1ccc2oc3ccc(-c4cccc(-c5ccc6c(c5)c5ccccc5c5nccnc65)c4)cc3c2c1.Cc1cc(C)c2oc3c(C)cc(-c4cccc(-c5ccc6c(c5)c5ccccc5c5nccnc65)c4)cc3c2c1.Cc1cccc2c1oc1c(C)cc(-c3cccc(-c4ccc5c(c4)c4ccccc4c4nccnc54)c3)cc12. The van der Waals surface area contributed by atoms with Crippen LogP contribution in [0.5, 0.6) is 0 Å². The number of benzene rings is 18. The van der Waals surface area contributed by atoms with Gasteiger partial charge in [-0.05, 0) is 264 Å². The third kappa shape index (κ3) is 12.0. The maximum absolute atomic E-state index is 6.35. The van der Waals surface area contributed by atoms with Crippen molar-refractivity contribution in [3.8, 4) is 66.8 Å². The van der Waals surface area contributed by atoms with Crippen molar-refractivity contribution in [2.24, 2.45) is 0 Å². The first-order valence-corrected chi connectivity index (χ1v) is 40.7. The Morgan fingerprint density at radius 3 is 0.899 bits per heavy atom. The fraction of sp³-hybridized carbons (Fsp3) is 0.0727. The number of hydrogen-bond acceptors (Lipinski definition) is 9. The van der Waals surface area contributed by atoms with E-state index in [0.29, 0.717) is 5.92 Å². The fourth-order valence-electron chi connectivity index (χ4n) is 18.4. The molecular formula is C110H76N6O3. The Morgan fingerprint density at radius 2 is 0.487 bits per heavy atom. The average molecular weight is 1530 g/mol. The predicted molar refractivity (Wildman–Crippen MR) is 496 cm³/mol. The van der Waals surface area contributed by atoms with Gasteiger partial charge in [0.25, 0.3) is 0 Å². The molecule has 0 saturated carbocycles. The molecule has 0 saturated heterocycles. The van der Waals surface area contributed by atoms with Crippen molar-refractivity contribution >= 4 is 164 Å². The molecule has 0 atom stereocenters. The van der Waals surface area contributed by atoms with Crippen molar-refractivity contribution in [3.63, 3.8) is 0 Å². The topological polar surface area (TPSA) is 117 Å². The van der Waals surface area contributed by atoms with Gasteiger partial charge in [-0.3, -0.25) is 29.9 Å². The van der Waals surface area contributed by atoms with Crippen LogP contribution >= 0.6 is 0 Å². The second kappa shape index (κ2) is 28.1. The van der Waals surface area contributed by atoms with Crippen LogP contribution in [0.4, 0.5) is 0 Å². The third-order valence-electron chi connectivity index (χ3n) is 24.3. The third-order valence-corrected chi connectivity index (χ3v) is 24.3. The highest BCUT2D eigenvalue weighted by molar-refractivity contribution is 6.26. The molecule has 9 nitrogen and oxygen atoms in total. The molecule has 9 heteroatoms. The van der Waals surface area contributed by atoms with Crippen LogP contribution in [0, 0.1) is 34.6 Å². The second-order valence-corrected chi connectivity index (χ2v) is 32.1. The summed E-state index contributed by atoms with van der Waals surface area (Å²) in [7, 11) is 0. The van der Waals surface area contributed by atoms with Crippen LogP contribution in [-0.2, 0) is 0 Å². The van der Waals surface area contributed by atoms with Crippen molar-refractivity contribution in [1.82, 2.24) is 29.9 Å². The summed E-state index contributed by atoms with van der Waals surface area (Å²) in [4.78, 5) is 28.1. The Labute approximate surface area is 685 Å². The maximum Gasteiger partial charge on any atom is 0.138 e. The highest BCUT2D eigenvalue weighted by atomic mass is 16.3. The van der Waals surface area contributed by atoms with Crippen LogP contribution in [0.3, 0.4) is 0 Å². The second-order valence-electron chi connectivity index (χ2n) is 32.1. The molecule has 564 valence electrons. The normalized spacial score (nSPS) is 11.9. The molecule has 0 fully saturated rings. The van der Waals surface area contributed by atoms with E-state index in [-0.39, 0.29) is 0 Å². The lowest BCUT2D eigenvalue weighted by molar-refractivity contribution is 0.662. The van der Waals surface area contributed by atoms with Crippen LogP contribution in [0.2, 0.25) is 0 Å². The first kappa shape index (κ1) is 70.6. The summed E-state index contributed by atoms with van der Waals surface area (Å²) in [5.74, 6) is 0.471. The van der Waals surface area contributed by atoms with E-state index in [9.17, 15) is 0 Å². The zero-order valence-electron chi connectivity index (χ0n) is 66.7. The Kier molecular flexibility index (Phi) is 16.7. The molecule has 0 radical (unpaired) electrons. The van der Waals surface area contributed by atoms with Gasteiger partial charge in [0.05, 0.1) is 33.1 Å². The molecule has 0 aliphatic carbocycles. The number of fused-ring (bicyclic) bond motifs is 27. The van der Waals surface area contributed by atoms with Gasteiger partial charge in [0.2, 0.25) is 0 Å². The Morgan fingerprint density at radius 1 is 0.193 bits per heavy atom. The molecule has 0 unspecified atom stereocenters. The van der Waals surface area contributed by atoms with Crippen molar-refractivity contribution in [2.75, 3.05) is 0 Å². The molecular weight excluding hydrogens is 1450 g/mol. The average Bonchev–Trinajstić information content (AvgIpc) is 1.74. The lowest BCUT2D eigenvalue weighted by Gasteiger charge is -2.12. The quantitative estimate of drug-likeness (QED) is 0.144. The van der Waals surface area contributed by atoms with Gasteiger partial charge in [-0.25, -0.2) is 0 Å². The number of para-hydroxylation sites is 1. The van der Waals surface area contributed by atoms with E-state index < -0.39 is 0 Å². The highest BCUT2D eigenvalue weighted by Crippen LogP contribution is 2.45. The first-order chi connectivity index (χ1) is 58.3. The van der Waals surface area contributed by atoms with E-state index in [4.69, 9.17) is 28.2 Å². The number of hydrogen-bond donors (Lipinski definition) is 0. The predicted octanol–water partition coefficient (Wildman–Crippen LogP) is 30.2. The van der Waals surface area contributed by atoms with E-state index in [0.717, 1.165) is 121 Å². The van der Waals surface area contributed by atoms with E-state index in [1.54, 1.807) is 37.2 Å². The summed E-state index contributed by atoms with van der Waals surface area (Å²) in [5, 5.41) is 21.0. The Balaban J connectivity index is 0.000000107. The van der Waals surface area contributed by atoms with E-state index in [1.807, 2.05) is 0 Å². The highest BCUT2D eigenvalue weighted by Gasteiger charge is 2.21. The molecule has 119 heavy (non-hydrogen) atoms. The van der Waals surface area contributed by atoms with Crippen LogP contribution in [0.1, 0.15) is 53.1 Å². The first-order valence-electron chi connectivity index (χ1n) is 40.7. The molecule has 24 rings (SSSR count). The minimum atomic E-state index is 0.471. The molecule has 0 bridgehead atoms. The van der Waals surface area contributed by atoms with Gasteiger partial charge in [0, 0.05) is 102 Å². The molecule has 0 amide bonds. The lowest BCUT2D eigenvalue weighted by atomic mass is 9.93.